The fourth-order valence-corrected chi connectivity index (χ4v) is 4.85. The Hall–Kier alpha value is -3.20. The van der Waals surface area contributed by atoms with E-state index < -0.39 is 0 Å². The number of fused-ring (bicyclic) bond motifs is 2. The third kappa shape index (κ3) is 3.29. The Kier molecular flexibility index (Phi) is 4.48. The number of piperidine rings is 1. The standard InChI is InChI=1S/C23H22FN7/c24-14-4-1-3-13(9-14)15-5-2-6-17-21(15)29-23(28-17)22-16-10-18(20-11-25-7-8-26-20)27-12-19(16)30-31-22/h1-9,11,16,18-19,22,27,30-31H,10,12H2,(H,28,29). The van der Waals surface area contributed by atoms with Crippen molar-refractivity contribution < 1.29 is 4.39 Å². The Morgan fingerprint density at radius 2 is 1.97 bits per heavy atom. The average Bonchev–Trinajstić information content (AvgIpc) is 3.43. The van der Waals surface area contributed by atoms with E-state index in [1.54, 1.807) is 24.5 Å². The predicted octanol–water partition coefficient (Wildman–Crippen LogP) is 3.03. The second-order valence-corrected chi connectivity index (χ2v) is 8.20. The number of halogens is 1. The third-order valence-electron chi connectivity index (χ3n) is 6.36. The number of imidazole rings is 1. The van der Waals surface area contributed by atoms with Crippen LogP contribution in [0.4, 0.5) is 4.39 Å². The molecular formula is C23H22FN7. The normalized spacial score (nSPS) is 25.6. The smallest absolute Gasteiger partial charge is 0.126 e. The molecule has 8 heteroatoms. The van der Waals surface area contributed by atoms with Gasteiger partial charge in [0.2, 0.25) is 0 Å². The summed E-state index contributed by atoms with van der Waals surface area (Å²) in [7, 11) is 0. The fraction of sp³-hybridized carbons (Fsp3) is 0.261. The number of hydrogen-bond acceptors (Lipinski definition) is 6. The minimum Gasteiger partial charge on any atom is -0.341 e. The number of hydrogen-bond donors (Lipinski definition) is 4. The van der Waals surface area contributed by atoms with Crippen LogP contribution < -0.4 is 16.2 Å². The second kappa shape index (κ2) is 7.49. The maximum absolute atomic E-state index is 13.8. The first-order valence-electron chi connectivity index (χ1n) is 10.5. The molecule has 4 aromatic rings. The molecule has 31 heavy (non-hydrogen) atoms. The molecule has 2 saturated heterocycles. The van der Waals surface area contributed by atoms with Crippen LogP contribution in [0.3, 0.4) is 0 Å². The number of hydrazine groups is 1. The number of benzene rings is 2. The van der Waals surface area contributed by atoms with Crippen molar-refractivity contribution in [3.63, 3.8) is 0 Å². The third-order valence-corrected chi connectivity index (χ3v) is 6.36. The van der Waals surface area contributed by atoms with Gasteiger partial charge in [-0.05, 0) is 30.2 Å². The molecule has 0 radical (unpaired) electrons. The number of nitrogens with one attached hydrogen (secondary N) is 4. The summed E-state index contributed by atoms with van der Waals surface area (Å²) in [6.07, 6.45) is 6.18. The van der Waals surface area contributed by atoms with E-state index in [-0.39, 0.29) is 17.9 Å². The zero-order valence-electron chi connectivity index (χ0n) is 16.7. The Morgan fingerprint density at radius 1 is 1.03 bits per heavy atom. The Bertz CT molecular complexity index is 1230. The molecule has 2 aliphatic heterocycles. The summed E-state index contributed by atoms with van der Waals surface area (Å²) in [5.74, 6) is 0.976. The highest BCUT2D eigenvalue weighted by Crippen LogP contribution is 2.38. The van der Waals surface area contributed by atoms with Gasteiger partial charge < -0.3 is 10.3 Å². The summed E-state index contributed by atoms with van der Waals surface area (Å²) in [4.78, 5) is 17.2. The van der Waals surface area contributed by atoms with Gasteiger partial charge >= 0.3 is 0 Å². The number of para-hydroxylation sites is 1. The van der Waals surface area contributed by atoms with Gasteiger partial charge in [-0.2, -0.15) is 0 Å². The van der Waals surface area contributed by atoms with E-state index in [4.69, 9.17) is 4.98 Å². The minimum atomic E-state index is -0.250. The van der Waals surface area contributed by atoms with Gasteiger partial charge in [-0.1, -0.05) is 24.3 Å². The van der Waals surface area contributed by atoms with Crippen molar-refractivity contribution in [2.24, 2.45) is 5.92 Å². The molecule has 4 heterocycles. The highest BCUT2D eigenvalue weighted by molar-refractivity contribution is 5.92. The van der Waals surface area contributed by atoms with Gasteiger partial charge in [0.25, 0.3) is 0 Å². The largest absolute Gasteiger partial charge is 0.341 e. The van der Waals surface area contributed by atoms with Gasteiger partial charge in [-0.15, -0.1) is 0 Å². The molecule has 4 atom stereocenters. The van der Waals surface area contributed by atoms with Crippen LogP contribution in [0.25, 0.3) is 22.2 Å². The lowest BCUT2D eigenvalue weighted by Crippen LogP contribution is -2.46. The van der Waals surface area contributed by atoms with Crippen LogP contribution in [0.15, 0.2) is 61.1 Å². The number of rotatable bonds is 3. The zero-order chi connectivity index (χ0) is 20.8. The molecule has 0 bridgehead atoms. The Morgan fingerprint density at radius 3 is 2.84 bits per heavy atom. The van der Waals surface area contributed by atoms with Gasteiger partial charge in [0.15, 0.2) is 0 Å². The lowest BCUT2D eigenvalue weighted by atomic mass is 9.83. The van der Waals surface area contributed by atoms with Crippen molar-refractivity contribution in [1.29, 1.82) is 0 Å². The molecule has 4 unspecified atom stereocenters. The molecule has 0 amide bonds. The van der Waals surface area contributed by atoms with E-state index in [0.29, 0.717) is 12.0 Å². The Labute approximate surface area is 178 Å². The number of aromatic nitrogens is 4. The Balaban J connectivity index is 1.34. The van der Waals surface area contributed by atoms with Gasteiger partial charge in [0, 0.05) is 42.7 Å². The number of nitrogens with zero attached hydrogens (tertiary/aromatic N) is 3. The molecule has 4 N–H and O–H groups in total. The molecule has 0 spiro atoms. The molecule has 2 aromatic carbocycles. The summed E-state index contributed by atoms with van der Waals surface area (Å²) in [6, 6.07) is 13.1. The average molecular weight is 415 g/mol. The summed E-state index contributed by atoms with van der Waals surface area (Å²) >= 11 is 0. The topological polar surface area (TPSA) is 90.6 Å². The van der Waals surface area contributed by atoms with Gasteiger partial charge in [-0.3, -0.25) is 15.4 Å². The zero-order valence-corrected chi connectivity index (χ0v) is 16.7. The van der Waals surface area contributed by atoms with Crippen LogP contribution in [0, 0.1) is 11.7 Å². The summed E-state index contributed by atoms with van der Waals surface area (Å²) in [6.45, 7) is 0.837. The van der Waals surface area contributed by atoms with Crippen LogP contribution in [-0.4, -0.2) is 32.5 Å². The van der Waals surface area contributed by atoms with Crippen molar-refractivity contribution in [3.05, 3.63) is 78.4 Å². The van der Waals surface area contributed by atoms with Gasteiger partial charge in [0.05, 0.1) is 28.8 Å². The van der Waals surface area contributed by atoms with E-state index in [1.807, 2.05) is 30.5 Å². The van der Waals surface area contributed by atoms with E-state index in [2.05, 4.69) is 31.1 Å². The minimum absolute atomic E-state index is 0.0408. The second-order valence-electron chi connectivity index (χ2n) is 8.20. The van der Waals surface area contributed by atoms with E-state index in [9.17, 15) is 4.39 Å². The van der Waals surface area contributed by atoms with Crippen LogP contribution in [0.2, 0.25) is 0 Å². The maximum atomic E-state index is 13.8. The van der Waals surface area contributed by atoms with Crippen molar-refractivity contribution in [2.75, 3.05) is 6.54 Å². The highest BCUT2D eigenvalue weighted by atomic mass is 19.1. The monoisotopic (exact) mass is 415 g/mol. The van der Waals surface area contributed by atoms with Crippen molar-refractivity contribution >= 4 is 11.0 Å². The first kappa shape index (κ1) is 18.6. The first-order chi connectivity index (χ1) is 15.3. The van der Waals surface area contributed by atoms with E-state index in [1.165, 1.54) is 6.07 Å². The fourth-order valence-electron chi connectivity index (χ4n) is 4.85. The molecule has 2 aliphatic rings. The molecule has 156 valence electrons. The van der Waals surface area contributed by atoms with Crippen molar-refractivity contribution in [3.8, 4) is 11.1 Å². The summed E-state index contributed by atoms with van der Waals surface area (Å²) in [5.41, 5.74) is 11.4. The first-order valence-corrected chi connectivity index (χ1v) is 10.5. The van der Waals surface area contributed by atoms with Crippen LogP contribution in [-0.2, 0) is 0 Å². The lowest BCUT2D eigenvalue weighted by molar-refractivity contribution is 0.260. The maximum Gasteiger partial charge on any atom is 0.126 e. The number of H-pyrrole nitrogens is 1. The van der Waals surface area contributed by atoms with Gasteiger partial charge in [0.1, 0.15) is 11.6 Å². The van der Waals surface area contributed by atoms with Crippen LogP contribution in [0.5, 0.6) is 0 Å². The SMILES string of the molecule is Fc1cccc(-c2cccc3[nH]c(C4NNC5CNC(c6cnccn6)CC54)nc23)c1. The predicted molar refractivity (Wildman–Crippen MR) is 115 cm³/mol. The molecular weight excluding hydrogens is 393 g/mol. The van der Waals surface area contributed by atoms with Crippen LogP contribution >= 0.6 is 0 Å². The molecule has 6 rings (SSSR count). The molecule has 0 saturated carbocycles. The lowest BCUT2D eigenvalue weighted by Gasteiger charge is -2.33. The highest BCUT2D eigenvalue weighted by Gasteiger charge is 2.43. The van der Waals surface area contributed by atoms with Crippen molar-refractivity contribution in [2.45, 2.75) is 24.5 Å². The quantitative estimate of drug-likeness (QED) is 0.411. The van der Waals surface area contributed by atoms with Crippen LogP contribution in [0.1, 0.15) is 30.0 Å². The van der Waals surface area contributed by atoms with E-state index in [0.717, 1.165) is 46.6 Å². The summed E-state index contributed by atoms with van der Waals surface area (Å²) in [5, 5.41) is 3.57. The molecule has 2 fully saturated rings. The van der Waals surface area contributed by atoms with Gasteiger partial charge in [-0.25, -0.2) is 14.8 Å². The molecule has 7 nitrogen and oxygen atoms in total. The number of aromatic amines is 1. The van der Waals surface area contributed by atoms with Crippen molar-refractivity contribution in [1.82, 2.24) is 36.1 Å². The molecule has 2 aromatic heterocycles. The van der Waals surface area contributed by atoms with E-state index >= 15 is 0 Å². The molecule has 0 aliphatic carbocycles. The summed E-state index contributed by atoms with van der Waals surface area (Å²) < 4.78 is 13.8.